The predicted molar refractivity (Wildman–Crippen MR) is 61.1 cm³/mol. The van der Waals surface area contributed by atoms with Gasteiger partial charge in [0.1, 0.15) is 5.75 Å². The van der Waals surface area contributed by atoms with Crippen LogP contribution in [-0.4, -0.2) is 30.6 Å². The third-order valence-electron chi connectivity index (χ3n) is 2.07. The van der Waals surface area contributed by atoms with Crippen LogP contribution in [0.2, 0.25) is 5.02 Å². The molecule has 0 radical (unpaired) electrons. The van der Waals surface area contributed by atoms with E-state index in [0.29, 0.717) is 0 Å². The maximum Gasteiger partial charge on any atom is 0.377 e. The molecule has 1 N–H and O–H groups in total. The fourth-order valence-electron chi connectivity index (χ4n) is 1.30. The molecule has 0 atom stereocenters. The van der Waals surface area contributed by atoms with Gasteiger partial charge in [0.05, 0.1) is 24.3 Å². The second kappa shape index (κ2) is 5.68. The summed E-state index contributed by atoms with van der Waals surface area (Å²) in [5.41, 5.74) is -0.771. The zero-order valence-corrected chi connectivity index (χ0v) is 10.4. The summed E-state index contributed by atoms with van der Waals surface area (Å²) in [4.78, 5) is 22.0. The van der Waals surface area contributed by atoms with Crippen molar-refractivity contribution in [3.63, 3.8) is 0 Å². The Hall–Kier alpha value is -1.82. The first-order valence-corrected chi connectivity index (χ1v) is 5.28. The van der Waals surface area contributed by atoms with Gasteiger partial charge in [-0.1, -0.05) is 11.6 Å². The van der Waals surface area contributed by atoms with Gasteiger partial charge in [0.2, 0.25) is 0 Å². The fourth-order valence-corrected chi connectivity index (χ4v) is 1.58. The molecule has 1 aromatic carbocycles. The van der Waals surface area contributed by atoms with E-state index in [1.54, 1.807) is 6.92 Å². The maximum atomic E-state index is 13.8. The number of carboxylic acid groups (broad SMARTS) is 1. The van der Waals surface area contributed by atoms with Gasteiger partial charge < -0.3 is 14.6 Å². The van der Waals surface area contributed by atoms with Crippen molar-refractivity contribution in [2.45, 2.75) is 6.92 Å². The minimum Gasteiger partial charge on any atom is -0.494 e. The summed E-state index contributed by atoms with van der Waals surface area (Å²) in [7, 11) is 1.18. The maximum absolute atomic E-state index is 13.8. The van der Waals surface area contributed by atoms with Crippen molar-refractivity contribution in [2.75, 3.05) is 13.7 Å². The number of carbonyl (C=O) groups is 2. The topological polar surface area (TPSA) is 72.8 Å². The summed E-state index contributed by atoms with van der Waals surface area (Å²) < 4.78 is 23.6. The molecule has 0 saturated carbocycles. The molecule has 0 fully saturated rings. The van der Waals surface area contributed by atoms with Crippen LogP contribution in [0.25, 0.3) is 0 Å². The van der Waals surface area contributed by atoms with Crippen molar-refractivity contribution in [3.8, 4) is 11.5 Å². The van der Waals surface area contributed by atoms with Crippen molar-refractivity contribution in [3.05, 3.63) is 22.5 Å². The Balaban J connectivity index is 3.51. The van der Waals surface area contributed by atoms with Crippen molar-refractivity contribution in [2.24, 2.45) is 0 Å². The van der Waals surface area contributed by atoms with E-state index in [1.165, 1.54) is 7.11 Å². The van der Waals surface area contributed by atoms with Gasteiger partial charge in [-0.15, -0.1) is 0 Å². The van der Waals surface area contributed by atoms with Crippen molar-refractivity contribution >= 4 is 23.4 Å². The number of hydrogen-bond donors (Lipinski definition) is 1. The summed E-state index contributed by atoms with van der Waals surface area (Å²) in [6.45, 7) is 1.88. The first-order chi connectivity index (χ1) is 8.43. The summed E-state index contributed by atoms with van der Waals surface area (Å²) in [5, 5.41) is 8.23. The fraction of sp³-hybridized carbons (Fsp3) is 0.273. The average Bonchev–Trinajstić information content (AvgIpc) is 2.32. The van der Waals surface area contributed by atoms with E-state index < -0.39 is 23.1 Å². The number of rotatable bonds is 5. The lowest BCUT2D eigenvalue weighted by molar-refractivity contribution is -0.131. The smallest absolute Gasteiger partial charge is 0.377 e. The molecule has 0 aliphatic rings. The minimum absolute atomic E-state index is 0.0120. The highest BCUT2D eigenvalue weighted by molar-refractivity contribution is 6.45. The van der Waals surface area contributed by atoms with Crippen molar-refractivity contribution < 1.29 is 28.6 Å². The van der Waals surface area contributed by atoms with Crippen LogP contribution >= 0.6 is 11.6 Å². The molecule has 1 aromatic rings. The molecular formula is C11H10ClFO5. The third kappa shape index (κ3) is 2.53. The first-order valence-electron chi connectivity index (χ1n) is 4.90. The zero-order valence-electron chi connectivity index (χ0n) is 9.62. The van der Waals surface area contributed by atoms with Crippen molar-refractivity contribution in [1.82, 2.24) is 0 Å². The predicted octanol–water partition coefficient (Wildman–Crippen LogP) is 2.15. The lowest BCUT2D eigenvalue weighted by Gasteiger charge is -2.12. The highest BCUT2D eigenvalue weighted by atomic mass is 35.5. The number of hydrogen-bond acceptors (Lipinski definition) is 4. The molecule has 7 heteroatoms. The van der Waals surface area contributed by atoms with E-state index in [4.69, 9.17) is 26.2 Å². The summed E-state index contributed by atoms with van der Waals surface area (Å²) in [5.74, 6) is -4.73. The Labute approximate surface area is 107 Å². The number of ketones is 1. The number of benzene rings is 1. The summed E-state index contributed by atoms with van der Waals surface area (Å²) in [6, 6.07) is 1.15. The number of carbonyl (C=O) groups excluding carboxylic acids is 1. The van der Waals surface area contributed by atoms with Crippen LogP contribution in [0, 0.1) is 5.82 Å². The summed E-state index contributed by atoms with van der Waals surface area (Å²) >= 11 is 5.76. The lowest BCUT2D eigenvalue weighted by Crippen LogP contribution is -2.16. The highest BCUT2D eigenvalue weighted by Crippen LogP contribution is 2.36. The van der Waals surface area contributed by atoms with Gasteiger partial charge >= 0.3 is 5.97 Å². The molecular weight excluding hydrogens is 267 g/mol. The number of ether oxygens (including phenoxy) is 2. The number of Topliss-reactive ketones (excluding diaryl/α,β-unsaturated/α-hetero) is 1. The molecule has 0 aliphatic carbocycles. The van der Waals surface area contributed by atoms with Gasteiger partial charge in [-0.05, 0) is 6.92 Å². The third-order valence-corrected chi connectivity index (χ3v) is 2.45. The van der Waals surface area contributed by atoms with E-state index in [9.17, 15) is 14.0 Å². The van der Waals surface area contributed by atoms with E-state index in [1.807, 2.05) is 0 Å². The van der Waals surface area contributed by atoms with Crippen LogP contribution < -0.4 is 9.47 Å². The van der Waals surface area contributed by atoms with E-state index in [2.05, 4.69) is 0 Å². The van der Waals surface area contributed by atoms with E-state index in [0.717, 1.165) is 6.07 Å². The number of carboxylic acids is 1. The second-order valence-electron chi connectivity index (χ2n) is 3.15. The normalized spacial score (nSPS) is 10.0. The molecule has 0 aliphatic heterocycles. The van der Waals surface area contributed by atoms with Gasteiger partial charge in [0.15, 0.2) is 11.6 Å². The van der Waals surface area contributed by atoms with Crippen LogP contribution in [0.3, 0.4) is 0 Å². The largest absolute Gasteiger partial charge is 0.494 e. The molecule has 0 unspecified atom stereocenters. The van der Waals surface area contributed by atoms with Gasteiger partial charge in [-0.2, -0.15) is 0 Å². The van der Waals surface area contributed by atoms with Gasteiger partial charge in [-0.3, -0.25) is 4.79 Å². The molecule has 0 heterocycles. The first kappa shape index (κ1) is 14.2. The molecule has 0 bridgehead atoms. The average molecular weight is 277 g/mol. The molecule has 0 aromatic heterocycles. The number of methoxy groups -OCH3 is 1. The Bertz CT molecular complexity index is 501. The quantitative estimate of drug-likeness (QED) is 0.659. The van der Waals surface area contributed by atoms with Gasteiger partial charge in [0.25, 0.3) is 5.78 Å². The molecule has 1 rings (SSSR count). The Kier molecular flexibility index (Phi) is 4.49. The van der Waals surface area contributed by atoms with Crippen LogP contribution in [-0.2, 0) is 4.79 Å². The minimum atomic E-state index is -1.81. The lowest BCUT2D eigenvalue weighted by atomic mass is 10.1. The zero-order chi connectivity index (χ0) is 13.9. The van der Waals surface area contributed by atoms with E-state index in [-0.39, 0.29) is 23.1 Å². The van der Waals surface area contributed by atoms with Crippen LogP contribution in [0.15, 0.2) is 6.07 Å². The van der Waals surface area contributed by atoms with Crippen LogP contribution in [0.1, 0.15) is 17.3 Å². The molecule has 5 nitrogen and oxygen atoms in total. The van der Waals surface area contributed by atoms with Gasteiger partial charge in [-0.25, -0.2) is 9.18 Å². The monoisotopic (exact) mass is 276 g/mol. The molecule has 98 valence electrons. The molecule has 0 amide bonds. The Morgan fingerprint density at radius 3 is 2.50 bits per heavy atom. The standard InChI is InChI=1S/C11H10ClFO5/c1-3-18-5-4-6(17-2)9(13)7(8(5)12)10(14)11(15)16/h4H,3H2,1-2H3,(H,15,16). The highest BCUT2D eigenvalue weighted by Gasteiger charge is 2.28. The Morgan fingerprint density at radius 1 is 1.44 bits per heavy atom. The molecule has 0 saturated heterocycles. The Morgan fingerprint density at radius 2 is 2.06 bits per heavy atom. The van der Waals surface area contributed by atoms with E-state index >= 15 is 0 Å². The SMILES string of the molecule is CCOc1cc(OC)c(F)c(C(=O)C(=O)O)c1Cl. The number of halogens is 2. The second-order valence-corrected chi connectivity index (χ2v) is 3.53. The summed E-state index contributed by atoms with van der Waals surface area (Å²) in [6.07, 6.45) is 0. The number of aliphatic carboxylic acids is 1. The van der Waals surface area contributed by atoms with Gasteiger partial charge in [0, 0.05) is 6.07 Å². The van der Waals surface area contributed by atoms with Crippen LogP contribution in [0.4, 0.5) is 4.39 Å². The molecule has 0 spiro atoms. The molecule has 18 heavy (non-hydrogen) atoms. The van der Waals surface area contributed by atoms with Crippen LogP contribution in [0.5, 0.6) is 11.5 Å². The van der Waals surface area contributed by atoms with Crippen molar-refractivity contribution in [1.29, 1.82) is 0 Å².